The van der Waals surface area contributed by atoms with Gasteiger partial charge in [0, 0.05) is 0 Å². The minimum Gasteiger partial charge on any atom is -0.395 e. The predicted molar refractivity (Wildman–Crippen MR) is 88.6 cm³/mol. The molecule has 2 aromatic rings. The van der Waals surface area contributed by atoms with Crippen molar-refractivity contribution in [2.45, 2.75) is 5.75 Å². The van der Waals surface area contributed by atoms with E-state index in [1.54, 1.807) is 48.5 Å². The van der Waals surface area contributed by atoms with Gasteiger partial charge in [-0.2, -0.15) is 0 Å². The molecule has 2 amide bonds. The van der Waals surface area contributed by atoms with Gasteiger partial charge >= 0.3 is 0 Å². The normalized spacial score (nSPS) is 14.1. The summed E-state index contributed by atoms with van der Waals surface area (Å²) in [5, 5.41) is 8.75. The second-order valence-corrected chi connectivity index (χ2v) is 7.66. The van der Waals surface area contributed by atoms with Crippen LogP contribution in [0.4, 0.5) is 5.69 Å². The molecular weight excluding hydrogens is 330 g/mol. The van der Waals surface area contributed by atoms with Crippen LogP contribution in [0.5, 0.6) is 0 Å². The lowest BCUT2D eigenvalue weighted by Crippen LogP contribution is -2.29. The summed E-state index contributed by atoms with van der Waals surface area (Å²) >= 11 is 0. The summed E-state index contributed by atoms with van der Waals surface area (Å²) in [6.45, 7) is -0.421. The summed E-state index contributed by atoms with van der Waals surface area (Å²) in [6, 6.07) is 12.8. The molecule has 6 nitrogen and oxygen atoms in total. The number of hydrogen-bond acceptors (Lipinski definition) is 5. The first-order valence-corrected chi connectivity index (χ1v) is 9.13. The number of hydrogen-bond donors (Lipinski definition) is 1. The number of nitrogens with zero attached hydrogens (tertiary/aromatic N) is 1. The van der Waals surface area contributed by atoms with Gasteiger partial charge in [-0.1, -0.05) is 24.3 Å². The molecule has 0 aliphatic carbocycles. The summed E-state index contributed by atoms with van der Waals surface area (Å²) in [6.07, 6.45) is 0. The van der Waals surface area contributed by atoms with Gasteiger partial charge in [-0.25, -0.2) is 13.3 Å². The molecule has 124 valence electrons. The van der Waals surface area contributed by atoms with Crippen LogP contribution in [0.25, 0.3) is 0 Å². The third kappa shape index (κ3) is 2.95. The fraction of sp³-hybridized carbons (Fsp3) is 0.176. The van der Waals surface area contributed by atoms with Gasteiger partial charge in [-0.15, -0.1) is 0 Å². The Kier molecular flexibility index (Phi) is 4.21. The van der Waals surface area contributed by atoms with E-state index in [9.17, 15) is 18.0 Å². The second-order valence-electron chi connectivity index (χ2n) is 5.47. The number of carbonyl (C=O) groups is 2. The van der Waals surface area contributed by atoms with Crippen molar-refractivity contribution in [1.82, 2.24) is 0 Å². The molecule has 1 aliphatic rings. The maximum Gasteiger partial charge on any atom is 0.266 e. The number of sulfone groups is 1. The van der Waals surface area contributed by atoms with E-state index < -0.39 is 28.3 Å². The summed E-state index contributed by atoms with van der Waals surface area (Å²) in [5.74, 6) is -1.28. The van der Waals surface area contributed by atoms with Crippen LogP contribution in [0.15, 0.2) is 48.5 Å². The first kappa shape index (κ1) is 16.4. The third-order valence-electron chi connectivity index (χ3n) is 3.78. The van der Waals surface area contributed by atoms with E-state index >= 15 is 0 Å². The molecule has 0 saturated heterocycles. The fourth-order valence-corrected chi connectivity index (χ4v) is 3.75. The zero-order valence-corrected chi connectivity index (χ0v) is 13.5. The van der Waals surface area contributed by atoms with Crippen LogP contribution in [0.1, 0.15) is 26.3 Å². The summed E-state index contributed by atoms with van der Waals surface area (Å²) in [5.41, 5.74) is 1.64. The van der Waals surface area contributed by atoms with Gasteiger partial charge in [0.05, 0.1) is 34.9 Å². The van der Waals surface area contributed by atoms with Crippen molar-refractivity contribution in [1.29, 1.82) is 0 Å². The molecule has 1 N–H and O–H groups in total. The quantitative estimate of drug-likeness (QED) is 0.827. The van der Waals surface area contributed by atoms with E-state index in [4.69, 9.17) is 5.11 Å². The Hall–Kier alpha value is -2.51. The van der Waals surface area contributed by atoms with Crippen molar-refractivity contribution < 1.29 is 23.1 Å². The monoisotopic (exact) mass is 345 g/mol. The van der Waals surface area contributed by atoms with Crippen molar-refractivity contribution in [3.05, 3.63) is 65.2 Å². The molecule has 0 fully saturated rings. The van der Waals surface area contributed by atoms with Crippen LogP contribution >= 0.6 is 0 Å². The number of aliphatic hydroxyl groups excluding tert-OH is 1. The Morgan fingerprint density at radius 2 is 1.42 bits per heavy atom. The molecule has 0 spiro atoms. The lowest BCUT2D eigenvalue weighted by Gasteiger charge is -2.14. The average Bonchev–Trinajstić information content (AvgIpc) is 2.80. The molecular formula is C17H15NO5S. The Morgan fingerprint density at radius 1 is 0.875 bits per heavy atom. The minimum atomic E-state index is -3.38. The zero-order chi connectivity index (χ0) is 17.3. The summed E-state index contributed by atoms with van der Waals surface area (Å²) in [4.78, 5) is 25.9. The number of carbonyl (C=O) groups excluding carboxylic acids is 2. The van der Waals surface area contributed by atoms with E-state index in [2.05, 4.69) is 0 Å². The molecule has 24 heavy (non-hydrogen) atoms. The second kappa shape index (κ2) is 6.18. The molecule has 1 heterocycles. The smallest absolute Gasteiger partial charge is 0.266 e. The molecule has 0 atom stereocenters. The Labute approximate surface area is 139 Å². The molecule has 0 bridgehead atoms. The first-order chi connectivity index (χ1) is 11.4. The number of anilines is 1. The highest BCUT2D eigenvalue weighted by Crippen LogP contribution is 2.28. The Morgan fingerprint density at radius 3 is 1.92 bits per heavy atom. The molecule has 0 aromatic heterocycles. The molecule has 2 aromatic carbocycles. The van der Waals surface area contributed by atoms with Crippen molar-refractivity contribution in [3.8, 4) is 0 Å². The van der Waals surface area contributed by atoms with Gasteiger partial charge in [-0.3, -0.25) is 9.59 Å². The van der Waals surface area contributed by atoms with Crippen LogP contribution in [-0.2, 0) is 15.6 Å². The highest BCUT2D eigenvalue weighted by atomic mass is 32.2. The van der Waals surface area contributed by atoms with E-state index in [1.165, 1.54) is 0 Å². The van der Waals surface area contributed by atoms with Crippen LogP contribution < -0.4 is 4.90 Å². The molecule has 3 rings (SSSR count). The van der Waals surface area contributed by atoms with Crippen LogP contribution in [0.3, 0.4) is 0 Å². The molecule has 7 heteroatoms. The Bertz CT molecular complexity index is 868. The van der Waals surface area contributed by atoms with E-state index in [-0.39, 0.29) is 11.5 Å². The van der Waals surface area contributed by atoms with Gasteiger partial charge in [0.25, 0.3) is 11.8 Å². The summed E-state index contributed by atoms with van der Waals surface area (Å²) < 4.78 is 23.4. The van der Waals surface area contributed by atoms with Gasteiger partial charge in [0.15, 0.2) is 9.84 Å². The molecule has 1 aliphatic heterocycles. The van der Waals surface area contributed by atoms with E-state index in [0.717, 1.165) is 4.90 Å². The summed E-state index contributed by atoms with van der Waals surface area (Å²) in [7, 11) is -3.38. The lowest BCUT2D eigenvalue weighted by atomic mass is 10.1. The number of benzene rings is 2. The predicted octanol–water partition coefficient (Wildman–Crippen LogP) is 1.39. The molecule has 0 radical (unpaired) electrons. The fourth-order valence-electron chi connectivity index (χ4n) is 2.63. The van der Waals surface area contributed by atoms with E-state index in [1.807, 2.05) is 0 Å². The maximum absolute atomic E-state index is 12.4. The van der Waals surface area contributed by atoms with Crippen molar-refractivity contribution in [2.24, 2.45) is 0 Å². The van der Waals surface area contributed by atoms with Crippen LogP contribution in [0.2, 0.25) is 0 Å². The number of imide groups is 1. The van der Waals surface area contributed by atoms with Crippen LogP contribution in [0, 0.1) is 0 Å². The average molecular weight is 345 g/mol. The van der Waals surface area contributed by atoms with Crippen molar-refractivity contribution >= 4 is 27.3 Å². The van der Waals surface area contributed by atoms with Crippen molar-refractivity contribution in [3.63, 3.8) is 0 Å². The minimum absolute atomic E-state index is 0.198. The third-order valence-corrected chi connectivity index (χ3v) is 5.36. The van der Waals surface area contributed by atoms with Crippen molar-refractivity contribution in [2.75, 3.05) is 17.3 Å². The highest BCUT2D eigenvalue weighted by molar-refractivity contribution is 7.90. The number of aliphatic hydroxyl groups is 1. The standard InChI is InChI=1S/C17H15NO5S/c19-9-10-24(22,23)11-12-5-7-13(8-6-12)18-16(20)14-3-1-2-4-15(14)17(18)21/h1-8,19H,9-11H2. The highest BCUT2D eigenvalue weighted by Gasteiger charge is 2.36. The number of fused-ring (bicyclic) bond motifs is 1. The largest absolute Gasteiger partial charge is 0.395 e. The SMILES string of the molecule is O=C1c2ccccc2C(=O)N1c1ccc(CS(=O)(=O)CCO)cc1. The first-order valence-electron chi connectivity index (χ1n) is 7.31. The van der Waals surface area contributed by atoms with Gasteiger partial charge in [-0.05, 0) is 29.8 Å². The van der Waals surface area contributed by atoms with Crippen LogP contribution in [-0.4, -0.2) is 37.7 Å². The topological polar surface area (TPSA) is 91.8 Å². The van der Waals surface area contributed by atoms with Gasteiger partial charge in [0.1, 0.15) is 0 Å². The lowest BCUT2D eigenvalue weighted by molar-refractivity contribution is 0.0926. The number of amides is 2. The zero-order valence-electron chi connectivity index (χ0n) is 12.7. The number of rotatable bonds is 5. The van der Waals surface area contributed by atoms with Gasteiger partial charge in [0.2, 0.25) is 0 Å². The van der Waals surface area contributed by atoms with Gasteiger partial charge < -0.3 is 5.11 Å². The molecule has 0 saturated carbocycles. The molecule has 0 unspecified atom stereocenters. The maximum atomic E-state index is 12.4. The Balaban J connectivity index is 1.85. The van der Waals surface area contributed by atoms with E-state index in [0.29, 0.717) is 22.4 Å².